The Bertz CT molecular complexity index is 1550. The molecule has 1 amide bonds. The summed E-state index contributed by atoms with van der Waals surface area (Å²) in [4.78, 5) is 13.2. The lowest BCUT2D eigenvalue weighted by Crippen LogP contribution is -2.35. The molecule has 1 saturated carbocycles. The van der Waals surface area contributed by atoms with Gasteiger partial charge < -0.3 is 9.73 Å². The summed E-state index contributed by atoms with van der Waals surface area (Å²) in [5.74, 6) is 0.515. The van der Waals surface area contributed by atoms with Gasteiger partial charge >= 0.3 is 0 Å². The number of aryl methyl sites for hydroxylation is 1. The highest BCUT2D eigenvalue weighted by molar-refractivity contribution is 7.92. The fourth-order valence-corrected chi connectivity index (χ4v) is 6.45. The molecular formula is C31H34N2O4S. The van der Waals surface area contributed by atoms with E-state index < -0.39 is 10.0 Å². The third-order valence-corrected chi connectivity index (χ3v) is 8.62. The van der Waals surface area contributed by atoms with Crippen molar-refractivity contribution in [3.8, 4) is 22.5 Å². The van der Waals surface area contributed by atoms with E-state index in [1.54, 1.807) is 17.4 Å². The van der Waals surface area contributed by atoms with Gasteiger partial charge in [0.1, 0.15) is 11.3 Å². The molecule has 4 aromatic rings. The first-order valence-corrected chi connectivity index (χ1v) is 15.0. The molecule has 0 spiro atoms. The van der Waals surface area contributed by atoms with Gasteiger partial charge in [-0.3, -0.25) is 9.10 Å². The Morgan fingerprint density at radius 1 is 0.974 bits per heavy atom. The number of benzene rings is 3. The van der Waals surface area contributed by atoms with Gasteiger partial charge in [-0.05, 0) is 37.3 Å². The Kier molecular flexibility index (Phi) is 7.30. The molecule has 1 heterocycles. The van der Waals surface area contributed by atoms with Gasteiger partial charge in [-0.25, -0.2) is 8.42 Å². The maximum atomic E-state index is 13.2. The molecule has 5 rings (SSSR count). The molecule has 38 heavy (non-hydrogen) atoms. The molecule has 1 fully saturated rings. The van der Waals surface area contributed by atoms with E-state index >= 15 is 0 Å². The molecule has 1 aliphatic rings. The Hall–Kier alpha value is -3.58. The molecule has 0 saturated heterocycles. The van der Waals surface area contributed by atoms with Gasteiger partial charge in [-0.15, -0.1) is 0 Å². The molecule has 0 bridgehead atoms. The zero-order chi connectivity index (χ0) is 26.9. The first-order valence-electron chi connectivity index (χ1n) is 13.2. The lowest BCUT2D eigenvalue weighted by atomic mass is 9.89. The minimum absolute atomic E-state index is 0.256. The SMILES string of the molecule is CNC(=O)c1c(-c2ccc(C)cc2)oc2cc(N(CC3CCCCC3)S(C)(=O)=O)c(-c3ccccc3)cc12. The Morgan fingerprint density at radius 2 is 1.66 bits per heavy atom. The smallest absolute Gasteiger partial charge is 0.255 e. The molecule has 1 N–H and O–H groups in total. The molecule has 7 heteroatoms. The average Bonchev–Trinajstić information content (AvgIpc) is 3.30. The average molecular weight is 531 g/mol. The van der Waals surface area contributed by atoms with Crippen molar-refractivity contribution in [2.24, 2.45) is 5.92 Å². The van der Waals surface area contributed by atoms with Crippen LogP contribution in [0.3, 0.4) is 0 Å². The molecule has 1 aliphatic carbocycles. The number of nitrogens with one attached hydrogen (secondary N) is 1. The van der Waals surface area contributed by atoms with Crippen LogP contribution in [0, 0.1) is 12.8 Å². The van der Waals surface area contributed by atoms with Crippen LogP contribution >= 0.6 is 0 Å². The van der Waals surface area contributed by atoms with Crippen LogP contribution in [0.25, 0.3) is 33.4 Å². The second kappa shape index (κ2) is 10.7. The number of fused-ring (bicyclic) bond motifs is 1. The van der Waals surface area contributed by atoms with Crippen LogP contribution in [-0.4, -0.2) is 34.2 Å². The van der Waals surface area contributed by atoms with Crippen molar-refractivity contribution in [1.29, 1.82) is 0 Å². The van der Waals surface area contributed by atoms with Gasteiger partial charge in [0.25, 0.3) is 5.91 Å². The second-order valence-electron chi connectivity index (χ2n) is 10.3. The van der Waals surface area contributed by atoms with Crippen LogP contribution in [0.2, 0.25) is 0 Å². The van der Waals surface area contributed by atoms with Gasteiger partial charge in [0.2, 0.25) is 10.0 Å². The molecule has 3 aromatic carbocycles. The first-order chi connectivity index (χ1) is 18.3. The third-order valence-electron chi connectivity index (χ3n) is 7.48. The number of amides is 1. The van der Waals surface area contributed by atoms with Crippen molar-refractivity contribution in [3.63, 3.8) is 0 Å². The van der Waals surface area contributed by atoms with Crippen molar-refractivity contribution < 1.29 is 17.6 Å². The lowest BCUT2D eigenvalue weighted by Gasteiger charge is -2.31. The summed E-state index contributed by atoms with van der Waals surface area (Å²) < 4.78 is 34.4. The van der Waals surface area contributed by atoms with Crippen LogP contribution in [0.5, 0.6) is 0 Å². The van der Waals surface area contributed by atoms with Gasteiger partial charge in [0, 0.05) is 36.2 Å². The minimum Gasteiger partial charge on any atom is -0.455 e. The molecule has 0 aliphatic heterocycles. The fraction of sp³-hybridized carbons (Fsp3) is 0.323. The standard InChI is InChI=1S/C31H34N2O4S/c1-21-14-16-24(17-15-21)30-29(31(34)32-2)26-18-25(23-12-8-5-9-13-23)27(19-28(26)37-30)33(38(3,35)36)20-22-10-6-4-7-11-22/h5,8-9,12-19,22H,4,6-7,10-11,20H2,1-3H3,(H,32,34). The number of furan rings is 1. The molecule has 0 unspecified atom stereocenters. The monoisotopic (exact) mass is 530 g/mol. The summed E-state index contributed by atoms with van der Waals surface area (Å²) in [7, 11) is -1.99. The maximum absolute atomic E-state index is 13.2. The molecule has 198 valence electrons. The number of hydrogen-bond donors (Lipinski definition) is 1. The van der Waals surface area contributed by atoms with Gasteiger partial charge in [0.15, 0.2) is 0 Å². The predicted octanol–water partition coefficient (Wildman–Crippen LogP) is 6.78. The molecular weight excluding hydrogens is 496 g/mol. The maximum Gasteiger partial charge on any atom is 0.255 e. The van der Waals surface area contributed by atoms with Gasteiger partial charge in [0.05, 0.1) is 17.5 Å². The summed E-state index contributed by atoms with van der Waals surface area (Å²) in [6.45, 7) is 2.44. The number of rotatable bonds is 7. The molecule has 0 atom stereocenters. The van der Waals surface area contributed by atoms with Crippen molar-refractivity contribution in [1.82, 2.24) is 5.32 Å². The number of sulfonamides is 1. The number of nitrogens with zero attached hydrogens (tertiary/aromatic N) is 1. The second-order valence-corrected chi connectivity index (χ2v) is 12.2. The predicted molar refractivity (Wildman–Crippen MR) is 154 cm³/mol. The lowest BCUT2D eigenvalue weighted by molar-refractivity contribution is 0.0964. The van der Waals surface area contributed by atoms with E-state index in [2.05, 4.69) is 5.32 Å². The number of anilines is 1. The van der Waals surface area contributed by atoms with E-state index in [4.69, 9.17) is 4.42 Å². The van der Waals surface area contributed by atoms with E-state index in [-0.39, 0.29) is 5.91 Å². The quantitative estimate of drug-likeness (QED) is 0.286. The van der Waals surface area contributed by atoms with E-state index in [0.717, 1.165) is 47.9 Å². The van der Waals surface area contributed by atoms with Crippen LogP contribution < -0.4 is 9.62 Å². The highest BCUT2D eigenvalue weighted by atomic mass is 32.2. The number of hydrogen-bond acceptors (Lipinski definition) is 4. The molecule has 1 aromatic heterocycles. The van der Waals surface area contributed by atoms with Crippen molar-refractivity contribution in [2.45, 2.75) is 39.0 Å². The van der Waals surface area contributed by atoms with Crippen molar-refractivity contribution in [2.75, 3.05) is 24.2 Å². The van der Waals surface area contributed by atoms with Crippen molar-refractivity contribution >= 4 is 32.6 Å². The summed E-state index contributed by atoms with van der Waals surface area (Å²) in [6.07, 6.45) is 6.76. The fourth-order valence-electron chi connectivity index (χ4n) is 5.46. The van der Waals surface area contributed by atoms with E-state index in [0.29, 0.717) is 40.4 Å². The van der Waals surface area contributed by atoms with E-state index in [9.17, 15) is 13.2 Å². The summed E-state index contributed by atoms with van der Waals surface area (Å²) in [6, 6.07) is 21.3. The first kappa shape index (κ1) is 26.0. The topological polar surface area (TPSA) is 79.6 Å². The van der Waals surface area contributed by atoms with Crippen LogP contribution in [0.4, 0.5) is 5.69 Å². The van der Waals surface area contributed by atoms with Crippen LogP contribution in [-0.2, 0) is 10.0 Å². The van der Waals surface area contributed by atoms with E-state index in [1.165, 1.54) is 12.7 Å². The van der Waals surface area contributed by atoms with Gasteiger partial charge in [-0.1, -0.05) is 79.4 Å². The van der Waals surface area contributed by atoms with Gasteiger partial charge in [-0.2, -0.15) is 0 Å². The number of carbonyl (C=O) groups is 1. The molecule has 0 radical (unpaired) electrons. The van der Waals surface area contributed by atoms with Crippen molar-refractivity contribution in [3.05, 3.63) is 77.9 Å². The number of carbonyl (C=O) groups excluding carboxylic acids is 1. The Labute approximate surface area is 224 Å². The zero-order valence-electron chi connectivity index (χ0n) is 22.2. The minimum atomic E-state index is -3.59. The third kappa shape index (κ3) is 5.20. The largest absolute Gasteiger partial charge is 0.455 e. The summed E-state index contributed by atoms with van der Waals surface area (Å²) in [5.41, 5.74) is 5.01. The normalized spacial score (nSPS) is 14.5. The zero-order valence-corrected chi connectivity index (χ0v) is 23.0. The highest BCUT2D eigenvalue weighted by Gasteiger charge is 2.29. The summed E-state index contributed by atoms with van der Waals surface area (Å²) >= 11 is 0. The Morgan fingerprint density at radius 3 is 2.29 bits per heavy atom. The van der Waals surface area contributed by atoms with Crippen LogP contribution in [0.1, 0.15) is 48.0 Å². The summed E-state index contributed by atoms with van der Waals surface area (Å²) in [5, 5.41) is 3.40. The highest BCUT2D eigenvalue weighted by Crippen LogP contribution is 2.42. The Balaban J connectivity index is 1.77. The van der Waals surface area contributed by atoms with E-state index in [1.807, 2.05) is 67.6 Å². The van der Waals surface area contributed by atoms with Crippen LogP contribution in [0.15, 0.2) is 71.1 Å². The molecule has 6 nitrogen and oxygen atoms in total.